The molecule has 0 saturated carbocycles. The van der Waals surface area contributed by atoms with Gasteiger partial charge in [-0.2, -0.15) is 5.10 Å². The van der Waals surface area contributed by atoms with Gasteiger partial charge in [-0.1, -0.05) is 0 Å². The normalized spacial score (nSPS) is 26.0. The number of nitrogens with one attached hydrogen (secondary N) is 2. The quantitative estimate of drug-likeness (QED) is 0.843. The molecule has 3 rings (SSSR count). The summed E-state index contributed by atoms with van der Waals surface area (Å²) in [5.41, 5.74) is 0.777. The standard InChI is InChI=1S/C14H22N4O2/c19-14(6-11-3-4-15-7-11)17-12-8-16-18(9-12)10-13-2-1-5-20-13/h8-9,11,13,15H,1-7,10H2,(H,17,19). The first-order valence-electron chi connectivity index (χ1n) is 7.44. The molecule has 6 nitrogen and oxygen atoms in total. The van der Waals surface area contributed by atoms with Crippen molar-refractivity contribution in [3.63, 3.8) is 0 Å². The summed E-state index contributed by atoms with van der Waals surface area (Å²) in [6.45, 7) is 3.59. The fourth-order valence-electron chi connectivity index (χ4n) is 2.89. The van der Waals surface area contributed by atoms with Crippen LogP contribution >= 0.6 is 0 Å². The van der Waals surface area contributed by atoms with E-state index >= 15 is 0 Å². The Kier molecular flexibility index (Phi) is 4.32. The average Bonchev–Trinajstić information content (AvgIpc) is 3.12. The van der Waals surface area contributed by atoms with Gasteiger partial charge in [0.25, 0.3) is 0 Å². The molecular weight excluding hydrogens is 256 g/mol. The highest BCUT2D eigenvalue weighted by atomic mass is 16.5. The lowest BCUT2D eigenvalue weighted by molar-refractivity contribution is -0.116. The molecule has 6 heteroatoms. The van der Waals surface area contributed by atoms with E-state index in [0.717, 1.165) is 51.2 Å². The molecule has 0 aliphatic carbocycles. The highest BCUT2D eigenvalue weighted by Gasteiger charge is 2.19. The number of carbonyl (C=O) groups is 1. The van der Waals surface area contributed by atoms with Crippen molar-refractivity contribution in [2.45, 2.75) is 38.3 Å². The second kappa shape index (κ2) is 6.37. The molecule has 1 aromatic rings. The summed E-state index contributed by atoms with van der Waals surface area (Å²) in [5.74, 6) is 0.548. The number of nitrogens with zero attached hydrogens (tertiary/aromatic N) is 2. The van der Waals surface area contributed by atoms with Gasteiger partial charge in [-0.25, -0.2) is 0 Å². The van der Waals surface area contributed by atoms with E-state index in [1.54, 1.807) is 6.20 Å². The van der Waals surface area contributed by atoms with E-state index in [-0.39, 0.29) is 12.0 Å². The number of ether oxygens (including phenoxy) is 1. The van der Waals surface area contributed by atoms with Crippen LogP contribution in [0.4, 0.5) is 5.69 Å². The summed E-state index contributed by atoms with van der Waals surface area (Å²) < 4.78 is 7.43. The Labute approximate surface area is 118 Å². The van der Waals surface area contributed by atoms with Gasteiger partial charge >= 0.3 is 0 Å². The average molecular weight is 278 g/mol. The lowest BCUT2D eigenvalue weighted by Crippen LogP contribution is -2.18. The Hall–Kier alpha value is -1.40. The van der Waals surface area contributed by atoms with Crippen LogP contribution in [0.1, 0.15) is 25.7 Å². The van der Waals surface area contributed by atoms with Gasteiger partial charge in [-0.3, -0.25) is 9.48 Å². The minimum atomic E-state index is 0.0790. The van der Waals surface area contributed by atoms with Gasteiger partial charge in [0, 0.05) is 19.2 Å². The number of hydrogen-bond acceptors (Lipinski definition) is 4. The zero-order valence-corrected chi connectivity index (χ0v) is 11.7. The Morgan fingerprint density at radius 1 is 1.55 bits per heavy atom. The maximum atomic E-state index is 11.9. The molecule has 3 heterocycles. The van der Waals surface area contributed by atoms with Gasteiger partial charge in [0.2, 0.25) is 5.91 Å². The molecule has 2 aliphatic rings. The van der Waals surface area contributed by atoms with Crippen molar-refractivity contribution < 1.29 is 9.53 Å². The highest BCUT2D eigenvalue weighted by molar-refractivity contribution is 5.90. The SMILES string of the molecule is O=C(CC1CCNC1)Nc1cnn(CC2CCCO2)c1. The van der Waals surface area contributed by atoms with Gasteiger partial charge in [0.05, 0.1) is 24.5 Å². The Bertz CT molecular complexity index is 448. The van der Waals surface area contributed by atoms with E-state index in [2.05, 4.69) is 15.7 Å². The van der Waals surface area contributed by atoms with Crippen molar-refractivity contribution in [2.24, 2.45) is 5.92 Å². The predicted octanol–water partition coefficient (Wildman–Crippen LogP) is 1.00. The first-order chi connectivity index (χ1) is 9.79. The Morgan fingerprint density at radius 2 is 2.50 bits per heavy atom. The number of hydrogen-bond donors (Lipinski definition) is 2. The monoisotopic (exact) mass is 278 g/mol. The number of anilines is 1. The van der Waals surface area contributed by atoms with Crippen molar-refractivity contribution in [2.75, 3.05) is 25.0 Å². The minimum absolute atomic E-state index is 0.0790. The van der Waals surface area contributed by atoms with E-state index < -0.39 is 0 Å². The zero-order chi connectivity index (χ0) is 13.8. The lowest BCUT2D eigenvalue weighted by atomic mass is 10.0. The molecule has 110 valence electrons. The van der Waals surface area contributed by atoms with Crippen molar-refractivity contribution >= 4 is 11.6 Å². The van der Waals surface area contributed by atoms with Gasteiger partial charge in [-0.15, -0.1) is 0 Å². The molecule has 0 spiro atoms. The molecule has 20 heavy (non-hydrogen) atoms. The predicted molar refractivity (Wildman–Crippen MR) is 75.4 cm³/mol. The third kappa shape index (κ3) is 3.58. The molecule has 0 radical (unpaired) electrons. The summed E-state index contributed by atoms with van der Waals surface area (Å²) in [7, 11) is 0. The Morgan fingerprint density at radius 3 is 3.25 bits per heavy atom. The van der Waals surface area contributed by atoms with E-state index in [1.165, 1.54) is 0 Å². The first kappa shape index (κ1) is 13.6. The van der Waals surface area contributed by atoms with Crippen molar-refractivity contribution in [1.82, 2.24) is 15.1 Å². The molecule has 2 aliphatic heterocycles. The molecule has 2 fully saturated rings. The summed E-state index contributed by atoms with van der Waals surface area (Å²) in [6.07, 6.45) is 7.76. The molecule has 2 atom stereocenters. The van der Waals surface area contributed by atoms with E-state index in [0.29, 0.717) is 12.3 Å². The molecule has 2 saturated heterocycles. The van der Waals surface area contributed by atoms with Crippen LogP contribution < -0.4 is 10.6 Å². The molecular formula is C14H22N4O2. The van der Waals surface area contributed by atoms with Gasteiger partial charge < -0.3 is 15.4 Å². The van der Waals surface area contributed by atoms with Gasteiger partial charge in [-0.05, 0) is 38.3 Å². The van der Waals surface area contributed by atoms with E-state index in [4.69, 9.17) is 4.74 Å². The lowest BCUT2D eigenvalue weighted by Gasteiger charge is -2.09. The van der Waals surface area contributed by atoms with Gasteiger partial charge in [0.1, 0.15) is 0 Å². The van der Waals surface area contributed by atoms with Crippen LogP contribution in [0.5, 0.6) is 0 Å². The third-order valence-corrected chi connectivity index (χ3v) is 3.97. The molecule has 2 unspecified atom stereocenters. The van der Waals surface area contributed by atoms with Crippen LogP contribution in [0.15, 0.2) is 12.4 Å². The van der Waals surface area contributed by atoms with Crippen molar-refractivity contribution in [3.8, 4) is 0 Å². The van der Waals surface area contributed by atoms with Crippen LogP contribution in [-0.4, -0.2) is 41.5 Å². The van der Waals surface area contributed by atoms with Crippen LogP contribution in [0.3, 0.4) is 0 Å². The zero-order valence-electron chi connectivity index (χ0n) is 11.7. The van der Waals surface area contributed by atoms with E-state index in [9.17, 15) is 4.79 Å². The number of aromatic nitrogens is 2. The second-order valence-electron chi connectivity index (χ2n) is 5.70. The van der Waals surface area contributed by atoms with Gasteiger partial charge in [0.15, 0.2) is 0 Å². The highest BCUT2D eigenvalue weighted by Crippen LogP contribution is 2.16. The fraction of sp³-hybridized carbons (Fsp3) is 0.714. The maximum absolute atomic E-state index is 11.9. The molecule has 0 aromatic carbocycles. The van der Waals surface area contributed by atoms with Crippen LogP contribution in [0.25, 0.3) is 0 Å². The summed E-state index contributed by atoms with van der Waals surface area (Å²) in [5, 5.41) is 10.5. The first-order valence-corrected chi connectivity index (χ1v) is 7.44. The van der Waals surface area contributed by atoms with Crippen LogP contribution in [-0.2, 0) is 16.1 Å². The number of carbonyl (C=O) groups excluding carboxylic acids is 1. The van der Waals surface area contributed by atoms with Crippen molar-refractivity contribution in [3.05, 3.63) is 12.4 Å². The molecule has 1 aromatic heterocycles. The molecule has 0 bridgehead atoms. The smallest absolute Gasteiger partial charge is 0.224 e. The molecule has 1 amide bonds. The number of amides is 1. The summed E-state index contributed by atoms with van der Waals surface area (Å²) in [6, 6.07) is 0. The third-order valence-electron chi connectivity index (χ3n) is 3.97. The summed E-state index contributed by atoms with van der Waals surface area (Å²) in [4.78, 5) is 11.9. The summed E-state index contributed by atoms with van der Waals surface area (Å²) >= 11 is 0. The van der Waals surface area contributed by atoms with E-state index in [1.807, 2.05) is 10.9 Å². The molecule has 2 N–H and O–H groups in total. The van der Waals surface area contributed by atoms with Crippen LogP contribution in [0.2, 0.25) is 0 Å². The second-order valence-corrected chi connectivity index (χ2v) is 5.70. The largest absolute Gasteiger partial charge is 0.376 e. The van der Waals surface area contributed by atoms with Crippen molar-refractivity contribution in [1.29, 1.82) is 0 Å². The fourth-order valence-corrected chi connectivity index (χ4v) is 2.89. The maximum Gasteiger partial charge on any atom is 0.224 e. The minimum Gasteiger partial charge on any atom is -0.376 e. The van der Waals surface area contributed by atoms with Crippen LogP contribution in [0, 0.1) is 5.92 Å². The Balaban J connectivity index is 1.47. The topological polar surface area (TPSA) is 68.2 Å². The number of rotatable bonds is 5.